The molecule has 0 aliphatic heterocycles. The van der Waals surface area contributed by atoms with Crippen LogP contribution in [-0.2, 0) is 0 Å². The Hall–Kier alpha value is -1.69. The van der Waals surface area contributed by atoms with Crippen LogP contribution in [0.3, 0.4) is 0 Å². The van der Waals surface area contributed by atoms with E-state index in [1.165, 1.54) is 0 Å². The number of aromatic nitrogens is 1. The lowest BCUT2D eigenvalue weighted by Gasteiger charge is -2.50. The summed E-state index contributed by atoms with van der Waals surface area (Å²) in [5.41, 5.74) is 0.395. The molecule has 2 atom stereocenters. The van der Waals surface area contributed by atoms with Crippen molar-refractivity contribution in [3.05, 3.63) is 27.9 Å². The first-order valence-corrected chi connectivity index (χ1v) is 7.00. The maximum Gasteiger partial charge on any atom is 0.406 e. The van der Waals surface area contributed by atoms with Crippen LogP contribution >= 0.6 is 0 Å². The second kappa shape index (κ2) is 4.70. The maximum absolute atomic E-state index is 11.1. The summed E-state index contributed by atoms with van der Waals surface area (Å²) in [6.07, 6.45) is 4.12. The fourth-order valence-corrected chi connectivity index (χ4v) is 3.49. The lowest BCUT2D eigenvalue weighted by atomic mass is 9.62. The fraction of sp³-hybridized carbons (Fsp3) is 0.643. The zero-order valence-corrected chi connectivity index (χ0v) is 11.4. The minimum absolute atomic E-state index is 0.136. The van der Waals surface area contributed by atoms with Gasteiger partial charge in [0.1, 0.15) is 11.8 Å². The lowest BCUT2D eigenvalue weighted by Crippen LogP contribution is -2.58. The van der Waals surface area contributed by atoms with Crippen LogP contribution in [0.15, 0.2) is 12.1 Å². The number of aliphatic hydroxyl groups is 1. The van der Waals surface area contributed by atoms with Gasteiger partial charge in [0, 0.05) is 18.8 Å². The molecule has 6 heteroatoms. The van der Waals surface area contributed by atoms with Crippen LogP contribution in [0.2, 0.25) is 0 Å². The zero-order chi connectivity index (χ0) is 14.3. The van der Waals surface area contributed by atoms with Gasteiger partial charge in [-0.3, -0.25) is 0 Å². The molecular formula is C14H18N2O4. The Labute approximate surface area is 116 Å². The predicted molar refractivity (Wildman–Crippen MR) is 71.6 cm³/mol. The summed E-state index contributed by atoms with van der Waals surface area (Å²) in [4.78, 5) is 14.5. The molecule has 1 heterocycles. The Kier molecular flexibility index (Phi) is 3.12. The third-order valence-electron chi connectivity index (χ3n) is 4.70. The first-order valence-electron chi connectivity index (χ1n) is 7.00. The van der Waals surface area contributed by atoms with Gasteiger partial charge in [-0.1, -0.05) is 12.8 Å². The SMILES string of the molecule is Cc1ccc(OC2CC(O)C23CCCC3)c([N+](=O)[O-])n1. The minimum atomic E-state index is -0.515. The van der Waals surface area contributed by atoms with E-state index < -0.39 is 4.92 Å². The monoisotopic (exact) mass is 278 g/mol. The van der Waals surface area contributed by atoms with Crippen molar-refractivity contribution in [3.63, 3.8) is 0 Å². The van der Waals surface area contributed by atoms with Crippen molar-refractivity contribution < 1.29 is 14.8 Å². The second-order valence-corrected chi connectivity index (χ2v) is 5.83. The van der Waals surface area contributed by atoms with Crippen LogP contribution in [0.25, 0.3) is 0 Å². The average molecular weight is 278 g/mol. The van der Waals surface area contributed by atoms with E-state index in [0.29, 0.717) is 12.1 Å². The molecule has 3 rings (SSSR count). The van der Waals surface area contributed by atoms with Crippen LogP contribution in [0.5, 0.6) is 5.75 Å². The molecule has 6 nitrogen and oxygen atoms in total. The molecule has 20 heavy (non-hydrogen) atoms. The molecule has 0 aromatic carbocycles. The van der Waals surface area contributed by atoms with E-state index in [-0.39, 0.29) is 29.2 Å². The average Bonchev–Trinajstić information content (AvgIpc) is 2.92. The molecule has 0 radical (unpaired) electrons. The quantitative estimate of drug-likeness (QED) is 0.677. The van der Waals surface area contributed by atoms with Crippen LogP contribution in [0.1, 0.15) is 37.8 Å². The van der Waals surface area contributed by atoms with Gasteiger partial charge in [0.15, 0.2) is 0 Å². The zero-order valence-electron chi connectivity index (χ0n) is 11.4. The highest BCUT2D eigenvalue weighted by Crippen LogP contribution is 2.55. The first kappa shape index (κ1) is 13.3. The van der Waals surface area contributed by atoms with Crippen molar-refractivity contribution in [2.75, 3.05) is 0 Å². The summed E-state index contributed by atoms with van der Waals surface area (Å²) >= 11 is 0. The van der Waals surface area contributed by atoms with E-state index in [1.54, 1.807) is 19.1 Å². The van der Waals surface area contributed by atoms with Crippen LogP contribution in [0.4, 0.5) is 5.82 Å². The third kappa shape index (κ3) is 1.95. The molecule has 108 valence electrons. The van der Waals surface area contributed by atoms with Gasteiger partial charge in [-0.25, -0.2) is 0 Å². The molecule has 2 fully saturated rings. The molecular weight excluding hydrogens is 260 g/mol. The highest BCUT2D eigenvalue weighted by molar-refractivity contribution is 5.40. The number of ether oxygens (including phenoxy) is 1. The van der Waals surface area contributed by atoms with Crippen LogP contribution in [0, 0.1) is 22.5 Å². The van der Waals surface area contributed by atoms with E-state index in [1.807, 2.05) is 0 Å². The van der Waals surface area contributed by atoms with Crippen molar-refractivity contribution in [2.45, 2.75) is 51.2 Å². The molecule has 2 saturated carbocycles. The Morgan fingerprint density at radius 2 is 2.15 bits per heavy atom. The number of pyridine rings is 1. The fourth-order valence-electron chi connectivity index (χ4n) is 3.49. The van der Waals surface area contributed by atoms with Gasteiger partial charge in [0.05, 0.1) is 6.10 Å². The molecule has 2 aliphatic carbocycles. The van der Waals surface area contributed by atoms with Crippen molar-refractivity contribution >= 4 is 5.82 Å². The molecule has 1 aromatic rings. The Morgan fingerprint density at radius 3 is 2.75 bits per heavy atom. The summed E-state index contributed by atoms with van der Waals surface area (Å²) in [6, 6.07) is 3.31. The van der Waals surface area contributed by atoms with Gasteiger partial charge in [0.25, 0.3) is 0 Å². The molecule has 2 aliphatic rings. The van der Waals surface area contributed by atoms with E-state index in [9.17, 15) is 15.2 Å². The third-order valence-corrected chi connectivity index (χ3v) is 4.70. The predicted octanol–water partition coefficient (Wildman–Crippen LogP) is 2.37. The number of nitro groups is 1. The van der Waals surface area contributed by atoms with Gasteiger partial charge < -0.3 is 20.0 Å². The smallest absolute Gasteiger partial charge is 0.406 e. The Morgan fingerprint density at radius 1 is 1.45 bits per heavy atom. The van der Waals surface area contributed by atoms with E-state index in [4.69, 9.17) is 4.74 Å². The lowest BCUT2D eigenvalue weighted by molar-refractivity contribution is -0.391. The normalized spacial score (nSPS) is 27.3. The summed E-state index contributed by atoms with van der Waals surface area (Å²) in [6.45, 7) is 1.71. The van der Waals surface area contributed by atoms with E-state index in [2.05, 4.69) is 4.98 Å². The largest absolute Gasteiger partial charge is 0.482 e. The maximum atomic E-state index is 11.1. The minimum Gasteiger partial charge on any atom is -0.482 e. The van der Waals surface area contributed by atoms with Gasteiger partial charge in [0.2, 0.25) is 5.75 Å². The van der Waals surface area contributed by atoms with Crippen molar-refractivity contribution in [2.24, 2.45) is 5.41 Å². The molecule has 0 saturated heterocycles. The summed E-state index contributed by atoms with van der Waals surface area (Å²) in [5.74, 6) is -0.0247. The molecule has 0 bridgehead atoms. The molecule has 1 aromatic heterocycles. The highest BCUT2D eigenvalue weighted by atomic mass is 16.6. The number of nitrogens with zero attached hydrogens (tertiary/aromatic N) is 2. The number of hydrogen-bond acceptors (Lipinski definition) is 5. The molecule has 1 N–H and O–H groups in total. The van der Waals surface area contributed by atoms with Gasteiger partial charge in [-0.15, -0.1) is 0 Å². The van der Waals surface area contributed by atoms with Crippen molar-refractivity contribution in [3.8, 4) is 5.75 Å². The highest BCUT2D eigenvalue weighted by Gasteiger charge is 2.57. The number of rotatable bonds is 3. The number of hydrogen-bond donors (Lipinski definition) is 1. The number of aryl methyl sites for hydroxylation is 1. The van der Waals surface area contributed by atoms with Crippen molar-refractivity contribution in [1.29, 1.82) is 0 Å². The molecule has 1 spiro atoms. The van der Waals surface area contributed by atoms with E-state index >= 15 is 0 Å². The summed E-state index contributed by atoms with van der Waals surface area (Å²) in [5, 5.41) is 21.1. The number of aliphatic hydroxyl groups excluding tert-OH is 1. The standard InChI is InChI=1S/C14H18N2O4/c1-9-4-5-10(13(15-9)16(18)19)20-12-8-11(17)14(12)6-2-3-7-14/h4-5,11-12,17H,2-3,6-8H2,1H3. The van der Waals surface area contributed by atoms with Gasteiger partial charge in [-0.2, -0.15) is 0 Å². The Bertz CT molecular complexity index is 540. The van der Waals surface area contributed by atoms with E-state index in [0.717, 1.165) is 25.7 Å². The first-order chi connectivity index (χ1) is 9.53. The van der Waals surface area contributed by atoms with Gasteiger partial charge >= 0.3 is 5.82 Å². The topological polar surface area (TPSA) is 85.5 Å². The summed E-state index contributed by atoms with van der Waals surface area (Å²) < 4.78 is 5.84. The molecule has 2 unspecified atom stereocenters. The molecule has 0 amide bonds. The van der Waals surface area contributed by atoms with Crippen molar-refractivity contribution in [1.82, 2.24) is 4.98 Å². The van der Waals surface area contributed by atoms with Gasteiger partial charge in [-0.05, 0) is 34.9 Å². The second-order valence-electron chi connectivity index (χ2n) is 5.83. The van der Waals surface area contributed by atoms with Crippen LogP contribution < -0.4 is 4.74 Å². The van der Waals surface area contributed by atoms with Crippen LogP contribution in [-0.4, -0.2) is 27.2 Å². The Balaban J connectivity index is 1.84. The summed E-state index contributed by atoms with van der Waals surface area (Å²) in [7, 11) is 0.